The largest absolute Gasteiger partial charge is 0.472 e. The van der Waals surface area contributed by atoms with Crippen LogP contribution in [0.4, 0.5) is 0 Å². The average molecular weight is 1070 g/mol. The summed E-state index contributed by atoms with van der Waals surface area (Å²) in [4.78, 5) is 54.4. The van der Waals surface area contributed by atoms with Gasteiger partial charge in [0.15, 0.2) is 6.10 Å². The molecule has 1 aliphatic rings. The van der Waals surface area contributed by atoms with Gasteiger partial charge in [-0.2, -0.15) is 0 Å². The lowest BCUT2D eigenvalue weighted by Crippen LogP contribution is -2.64. The number of ether oxygens (including phenoxy) is 2. The molecule has 18 nitrogen and oxygen atoms in total. The summed E-state index contributed by atoms with van der Waals surface area (Å²) in [7, 11) is -10.8. The van der Waals surface area contributed by atoms with E-state index >= 15 is 0 Å². The van der Waals surface area contributed by atoms with E-state index in [1.165, 1.54) is 0 Å². The highest BCUT2D eigenvalue weighted by molar-refractivity contribution is 7.47. The first-order chi connectivity index (χ1) is 34.9. The normalized spacial score (nSPS) is 22.5. The van der Waals surface area contributed by atoms with Gasteiger partial charge in [-0.3, -0.25) is 23.2 Å². The van der Waals surface area contributed by atoms with Crippen LogP contribution in [0.5, 0.6) is 0 Å². The van der Waals surface area contributed by atoms with Gasteiger partial charge in [0.1, 0.15) is 43.2 Å². The second-order valence-corrected chi connectivity index (χ2v) is 19.8. The van der Waals surface area contributed by atoms with Crippen molar-refractivity contribution in [1.82, 2.24) is 0 Å². The Morgan fingerprint density at radius 2 is 1.04 bits per heavy atom. The van der Waals surface area contributed by atoms with Gasteiger partial charge < -0.3 is 54.8 Å². The van der Waals surface area contributed by atoms with E-state index in [0.29, 0.717) is 32.1 Å². The van der Waals surface area contributed by atoms with Crippen LogP contribution >= 0.6 is 15.6 Å². The molecule has 1 aliphatic carbocycles. The van der Waals surface area contributed by atoms with Gasteiger partial charge in [-0.05, 0) is 77.0 Å². The number of allylic oxidation sites excluding steroid dienone is 16. The fraction of sp³-hybridized carbons (Fsp3) is 0.585. The Bertz CT molecular complexity index is 1900. The van der Waals surface area contributed by atoms with E-state index in [9.17, 15) is 64.0 Å². The Balaban J connectivity index is 2.67. The minimum atomic E-state index is -5.40. The number of aliphatic hydroxyl groups excluding tert-OH is 6. The van der Waals surface area contributed by atoms with Crippen molar-refractivity contribution in [2.24, 2.45) is 0 Å². The topological polar surface area (TPSA) is 296 Å². The van der Waals surface area contributed by atoms with Crippen molar-refractivity contribution in [3.63, 3.8) is 0 Å². The number of rotatable bonds is 40. The molecule has 10 atom stereocenters. The number of carbonyl (C=O) groups excluding carboxylic acids is 2. The van der Waals surface area contributed by atoms with Gasteiger partial charge in [-0.25, -0.2) is 9.13 Å². The van der Waals surface area contributed by atoms with E-state index in [-0.39, 0.29) is 12.8 Å². The van der Waals surface area contributed by atoms with Crippen LogP contribution in [0.15, 0.2) is 122 Å². The molecule has 20 heteroatoms. The molecule has 414 valence electrons. The zero-order chi connectivity index (χ0) is 54.2. The molecule has 5 unspecified atom stereocenters. The molecule has 1 rings (SSSR count). The maximum atomic E-state index is 13.0. The molecule has 1 saturated carbocycles. The first-order valence-electron chi connectivity index (χ1n) is 25.3. The van der Waals surface area contributed by atoms with Crippen LogP contribution in [-0.2, 0) is 41.8 Å². The molecule has 0 amide bonds. The van der Waals surface area contributed by atoms with Gasteiger partial charge in [0.05, 0.1) is 18.8 Å². The summed E-state index contributed by atoms with van der Waals surface area (Å²) in [5, 5.41) is 61.4. The van der Waals surface area contributed by atoms with Crippen LogP contribution in [0.3, 0.4) is 0 Å². The fourth-order valence-electron chi connectivity index (χ4n) is 6.81. The highest BCUT2D eigenvalue weighted by atomic mass is 31.2. The van der Waals surface area contributed by atoms with Gasteiger partial charge in [-0.15, -0.1) is 0 Å². The molecule has 0 bridgehead atoms. The van der Waals surface area contributed by atoms with E-state index in [2.05, 4.69) is 60.1 Å². The van der Waals surface area contributed by atoms with Crippen molar-refractivity contribution >= 4 is 27.6 Å². The molecule has 0 aliphatic heterocycles. The van der Waals surface area contributed by atoms with Gasteiger partial charge in [-0.1, -0.05) is 161 Å². The number of carbonyl (C=O) groups is 2. The molecule has 0 radical (unpaired) electrons. The van der Waals surface area contributed by atoms with E-state index in [1.54, 1.807) is 42.5 Å². The molecule has 0 aromatic rings. The maximum Gasteiger partial charge on any atom is 0.472 e. The molecule has 0 heterocycles. The lowest BCUT2D eigenvalue weighted by Gasteiger charge is -2.43. The van der Waals surface area contributed by atoms with Crippen molar-refractivity contribution in [2.75, 3.05) is 13.2 Å². The summed E-state index contributed by atoms with van der Waals surface area (Å²) in [6, 6.07) is 0. The molecule has 9 N–H and O–H groups in total. The Morgan fingerprint density at radius 1 is 0.521 bits per heavy atom. The summed E-state index contributed by atoms with van der Waals surface area (Å²) < 4.78 is 49.3. The molecular formula is C53H84O18P2. The monoisotopic (exact) mass is 1070 g/mol. The van der Waals surface area contributed by atoms with E-state index in [4.69, 9.17) is 18.5 Å². The zero-order valence-electron chi connectivity index (χ0n) is 42.5. The Kier molecular flexibility index (Phi) is 38.3. The lowest BCUT2D eigenvalue weighted by atomic mass is 9.85. The first-order valence-corrected chi connectivity index (χ1v) is 28.3. The number of aliphatic hydroxyl groups is 6. The molecular weight excluding hydrogens is 987 g/mol. The van der Waals surface area contributed by atoms with Crippen molar-refractivity contribution in [3.8, 4) is 0 Å². The van der Waals surface area contributed by atoms with Crippen LogP contribution in [0.1, 0.15) is 129 Å². The third-order valence-corrected chi connectivity index (χ3v) is 12.2. The summed E-state index contributed by atoms with van der Waals surface area (Å²) in [5.74, 6) is -1.42. The SMILES string of the molecule is CC/C=C\C/C=C\C/C=C\C/C=C\CCCCCCCCC(=O)O[C@H](COC(=O)CCC/C=C\[C@H](O)/C=C/C=C\C/C=C\C=C\[C@H](O)C/C=C\CC)COP(=O)(O)O[C@H]1C(O)C(O)C(O)[C@@H](OP(=O)(O)O)C1O. The summed E-state index contributed by atoms with van der Waals surface area (Å²) in [5.41, 5.74) is 0. The number of unbranched alkanes of at least 4 members (excludes halogenated alkanes) is 7. The lowest BCUT2D eigenvalue weighted by molar-refractivity contribution is -0.216. The third-order valence-electron chi connectivity index (χ3n) is 10.7. The zero-order valence-corrected chi connectivity index (χ0v) is 44.3. The second-order valence-electron chi connectivity index (χ2n) is 17.2. The standard InChI is InChI=1S/C53H84O18P2/c1-3-5-7-8-9-10-11-12-13-14-15-16-17-18-19-20-24-27-33-40-47(57)69-45(42-68-73(65,66)71-53-50(60)48(58)49(59)52(51(53)61)70-72(62,63)64)41-67-46(56)39-34-28-32-38-44(55)37-31-26-23-21-22-25-30-36-43(54)35-29-6-4-2/h5-7,9-10,12-13,15-16,22-23,25-26,29-32,36-38,43-45,48-55,58-61H,3-4,8,11,14,17-21,24,27-28,33-35,39-42H2,1-2H3,(H,65,66)(H2,62,63,64)/b7-5-,10-9-,13-12-,16-15-,25-22-,26-23-,29-6-,36-30+,37-31+,38-32-/t43-,44-,45-,48?,49?,50?,51?,52-,53+/m1/s1. The van der Waals surface area contributed by atoms with Gasteiger partial charge in [0.2, 0.25) is 0 Å². The smallest absolute Gasteiger partial charge is 0.462 e. The molecule has 0 saturated heterocycles. The van der Waals surface area contributed by atoms with Crippen LogP contribution in [0.25, 0.3) is 0 Å². The Labute approximate surface area is 432 Å². The highest BCUT2D eigenvalue weighted by Crippen LogP contribution is 2.49. The number of phosphoric ester groups is 2. The number of hydrogen-bond acceptors (Lipinski definition) is 15. The molecule has 0 aromatic heterocycles. The molecule has 73 heavy (non-hydrogen) atoms. The first kappa shape index (κ1) is 67.3. The van der Waals surface area contributed by atoms with Crippen molar-refractivity contribution in [3.05, 3.63) is 122 Å². The maximum absolute atomic E-state index is 13.0. The number of phosphoric acid groups is 2. The summed E-state index contributed by atoms with van der Waals surface area (Å²) in [6.45, 7) is 2.63. The predicted octanol–water partition coefficient (Wildman–Crippen LogP) is 8.22. The quantitative estimate of drug-likeness (QED) is 0.00918. The van der Waals surface area contributed by atoms with Gasteiger partial charge in [0, 0.05) is 12.8 Å². The average Bonchev–Trinajstić information content (AvgIpc) is 3.34. The van der Waals surface area contributed by atoms with Crippen LogP contribution < -0.4 is 0 Å². The number of esters is 2. The van der Waals surface area contributed by atoms with Gasteiger partial charge in [0.25, 0.3) is 0 Å². The minimum Gasteiger partial charge on any atom is -0.462 e. The summed E-state index contributed by atoms with van der Waals surface area (Å²) in [6.07, 6.45) is 34.9. The predicted molar refractivity (Wildman–Crippen MR) is 280 cm³/mol. The molecule has 0 aromatic carbocycles. The summed E-state index contributed by atoms with van der Waals surface area (Å²) >= 11 is 0. The van der Waals surface area contributed by atoms with Crippen LogP contribution in [0, 0.1) is 0 Å². The van der Waals surface area contributed by atoms with Crippen molar-refractivity contribution in [2.45, 2.75) is 184 Å². The van der Waals surface area contributed by atoms with E-state index < -0.39 is 95.7 Å². The molecule has 1 fully saturated rings. The fourth-order valence-corrected chi connectivity index (χ4v) is 8.35. The van der Waals surface area contributed by atoms with Gasteiger partial charge >= 0.3 is 27.6 Å². The third kappa shape index (κ3) is 36.0. The van der Waals surface area contributed by atoms with Crippen LogP contribution in [0.2, 0.25) is 0 Å². The van der Waals surface area contributed by atoms with Crippen molar-refractivity contribution < 1.29 is 87.1 Å². The van der Waals surface area contributed by atoms with E-state index in [1.807, 2.05) is 37.3 Å². The Morgan fingerprint density at radius 3 is 1.67 bits per heavy atom. The van der Waals surface area contributed by atoms with E-state index in [0.717, 1.165) is 70.6 Å². The highest BCUT2D eigenvalue weighted by Gasteiger charge is 2.54. The second kappa shape index (κ2) is 41.6. The Hall–Kier alpha value is -3.68. The van der Waals surface area contributed by atoms with Crippen molar-refractivity contribution in [1.29, 1.82) is 0 Å². The molecule has 0 spiro atoms. The number of hydrogen-bond donors (Lipinski definition) is 9. The van der Waals surface area contributed by atoms with Crippen LogP contribution in [-0.4, -0.2) is 125 Å². The minimum absolute atomic E-state index is 0.0234.